The number of thiazole rings is 1. The van der Waals surface area contributed by atoms with E-state index in [2.05, 4.69) is 20.6 Å². The Labute approximate surface area is 153 Å². The van der Waals surface area contributed by atoms with Gasteiger partial charge in [0, 0.05) is 10.9 Å². The zero-order valence-electron chi connectivity index (χ0n) is 12.7. The first-order valence-corrected chi connectivity index (χ1v) is 9.39. The van der Waals surface area contributed by atoms with Crippen molar-refractivity contribution >= 4 is 34.5 Å². The van der Waals surface area contributed by atoms with Crippen LogP contribution in [0.2, 0.25) is 10.0 Å². The summed E-state index contributed by atoms with van der Waals surface area (Å²) in [6.07, 6.45) is 4.11. The van der Waals surface area contributed by atoms with Crippen molar-refractivity contribution in [1.29, 1.82) is 0 Å². The first-order valence-electron chi connectivity index (χ1n) is 7.75. The Bertz CT molecular complexity index is 834. The van der Waals surface area contributed by atoms with Gasteiger partial charge in [-0.2, -0.15) is 0 Å². The average molecular weight is 380 g/mol. The zero-order valence-corrected chi connectivity index (χ0v) is 15.1. The molecule has 0 aliphatic carbocycles. The van der Waals surface area contributed by atoms with Crippen molar-refractivity contribution in [2.45, 2.75) is 18.9 Å². The van der Waals surface area contributed by atoms with Crippen LogP contribution >= 0.6 is 34.5 Å². The predicted molar refractivity (Wildman–Crippen MR) is 97.7 cm³/mol. The lowest BCUT2D eigenvalue weighted by Gasteiger charge is -2.22. The Morgan fingerprint density at radius 1 is 1.12 bits per heavy atom. The molecule has 0 spiro atoms. The lowest BCUT2D eigenvalue weighted by molar-refractivity contribution is 0.337. The fraction of sp³-hybridized carbons (Fsp3) is 0.312. The summed E-state index contributed by atoms with van der Waals surface area (Å²) in [5.74, 6) is 0. The Balaban J connectivity index is 1.62. The van der Waals surface area contributed by atoms with Gasteiger partial charge in [-0.05, 0) is 38.1 Å². The number of benzene rings is 1. The van der Waals surface area contributed by atoms with Crippen LogP contribution in [0.5, 0.6) is 0 Å². The van der Waals surface area contributed by atoms with Gasteiger partial charge in [-0.15, -0.1) is 16.4 Å². The third-order valence-corrected chi connectivity index (χ3v) is 5.63. The molecule has 1 aromatic carbocycles. The second-order valence-electron chi connectivity index (χ2n) is 5.70. The van der Waals surface area contributed by atoms with Crippen molar-refractivity contribution in [3.8, 4) is 22.0 Å². The van der Waals surface area contributed by atoms with Crippen LogP contribution in [0.15, 0.2) is 29.8 Å². The van der Waals surface area contributed by atoms with E-state index in [9.17, 15) is 0 Å². The minimum absolute atomic E-state index is 0.406. The van der Waals surface area contributed by atoms with Gasteiger partial charge >= 0.3 is 0 Å². The van der Waals surface area contributed by atoms with Gasteiger partial charge in [0.25, 0.3) is 0 Å². The van der Waals surface area contributed by atoms with Gasteiger partial charge in [0.2, 0.25) is 0 Å². The molecule has 24 heavy (non-hydrogen) atoms. The number of hydrogen-bond donors (Lipinski definition) is 1. The molecule has 124 valence electrons. The van der Waals surface area contributed by atoms with Crippen LogP contribution in [-0.4, -0.2) is 33.1 Å². The van der Waals surface area contributed by atoms with Gasteiger partial charge in [-0.3, -0.25) is 0 Å². The number of piperidine rings is 1. The summed E-state index contributed by atoms with van der Waals surface area (Å²) >= 11 is 14.0. The molecule has 2 aromatic heterocycles. The lowest BCUT2D eigenvalue weighted by Crippen LogP contribution is -2.29. The van der Waals surface area contributed by atoms with E-state index in [0.29, 0.717) is 16.1 Å². The molecule has 1 saturated heterocycles. The molecule has 1 fully saturated rings. The van der Waals surface area contributed by atoms with Gasteiger partial charge in [0.05, 0.1) is 22.3 Å². The summed E-state index contributed by atoms with van der Waals surface area (Å²) < 4.78 is 1.96. The zero-order chi connectivity index (χ0) is 16.5. The third kappa shape index (κ3) is 3.07. The number of halogens is 2. The average Bonchev–Trinajstić information content (AvgIpc) is 3.25. The Hall–Kier alpha value is -1.47. The molecule has 0 bridgehead atoms. The first-order chi connectivity index (χ1) is 11.7. The summed E-state index contributed by atoms with van der Waals surface area (Å²) in [4.78, 5) is 4.65. The van der Waals surface area contributed by atoms with Crippen molar-refractivity contribution in [2.24, 2.45) is 0 Å². The molecule has 0 atom stereocenters. The predicted octanol–water partition coefficient (Wildman–Crippen LogP) is 4.30. The fourth-order valence-corrected chi connectivity index (χ4v) is 4.43. The molecular formula is C16H15Cl2N5S. The van der Waals surface area contributed by atoms with Crippen LogP contribution in [-0.2, 0) is 0 Å². The molecule has 0 radical (unpaired) electrons. The quantitative estimate of drug-likeness (QED) is 0.736. The summed E-state index contributed by atoms with van der Waals surface area (Å²) in [5, 5.41) is 15.9. The van der Waals surface area contributed by atoms with Gasteiger partial charge in [0.15, 0.2) is 0 Å². The van der Waals surface area contributed by atoms with E-state index in [0.717, 1.165) is 47.9 Å². The molecule has 0 amide bonds. The minimum Gasteiger partial charge on any atom is -0.317 e. The van der Waals surface area contributed by atoms with Crippen LogP contribution in [0.4, 0.5) is 0 Å². The highest BCUT2D eigenvalue weighted by Crippen LogP contribution is 2.37. The number of aromatic nitrogens is 4. The summed E-state index contributed by atoms with van der Waals surface area (Å²) in [5.41, 5.74) is 2.34. The second-order valence-corrected chi connectivity index (χ2v) is 7.37. The standard InChI is InChI=1S/C16H15Cl2N5S/c17-11-2-1-3-12(18)15(11)16-20-14(9-24-16)13-8-23(22-21-13)10-4-6-19-7-5-10/h1-3,8-10,19H,4-7H2. The van der Waals surface area contributed by atoms with Gasteiger partial charge < -0.3 is 5.32 Å². The smallest absolute Gasteiger partial charge is 0.132 e. The van der Waals surface area contributed by atoms with Crippen LogP contribution in [0, 0.1) is 0 Å². The summed E-state index contributed by atoms with van der Waals surface area (Å²) in [6, 6.07) is 5.87. The number of nitrogens with one attached hydrogen (secondary N) is 1. The lowest BCUT2D eigenvalue weighted by atomic mass is 10.1. The highest BCUT2D eigenvalue weighted by atomic mass is 35.5. The molecular weight excluding hydrogens is 365 g/mol. The maximum atomic E-state index is 6.27. The maximum absolute atomic E-state index is 6.27. The van der Waals surface area contributed by atoms with Gasteiger partial charge in [0.1, 0.15) is 16.4 Å². The van der Waals surface area contributed by atoms with Crippen molar-refractivity contribution in [1.82, 2.24) is 25.3 Å². The van der Waals surface area contributed by atoms with Crippen molar-refractivity contribution in [3.05, 3.63) is 39.8 Å². The molecule has 4 rings (SSSR count). The molecule has 1 aliphatic heterocycles. The van der Waals surface area contributed by atoms with Crippen molar-refractivity contribution in [3.63, 3.8) is 0 Å². The SMILES string of the molecule is Clc1cccc(Cl)c1-c1nc(-c2cn(C3CCNCC3)nn2)cs1. The van der Waals surface area contributed by atoms with Crippen LogP contribution in [0.1, 0.15) is 18.9 Å². The Morgan fingerprint density at radius 2 is 1.88 bits per heavy atom. The Morgan fingerprint density at radius 3 is 2.62 bits per heavy atom. The minimum atomic E-state index is 0.406. The topological polar surface area (TPSA) is 55.6 Å². The largest absolute Gasteiger partial charge is 0.317 e. The monoisotopic (exact) mass is 379 g/mol. The number of rotatable bonds is 3. The fourth-order valence-electron chi connectivity index (χ4n) is 2.85. The van der Waals surface area contributed by atoms with E-state index in [1.165, 1.54) is 11.3 Å². The molecule has 8 heteroatoms. The maximum Gasteiger partial charge on any atom is 0.132 e. The Kier molecular flexibility index (Phi) is 4.54. The molecule has 1 N–H and O–H groups in total. The van der Waals surface area contributed by atoms with Gasteiger partial charge in [-0.1, -0.05) is 34.5 Å². The van der Waals surface area contributed by atoms with E-state index in [1.54, 1.807) is 0 Å². The van der Waals surface area contributed by atoms with Crippen LogP contribution < -0.4 is 5.32 Å². The molecule has 0 unspecified atom stereocenters. The molecule has 3 heterocycles. The van der Waals surface area contributed by atoms with E-state index >= 15 is 0 Å². The second kappa shape index (κ2) is 6.80. The van der Waals surface area contributed by atoms with E-state index in [1.807, 2.05) is 34.5 Å². The third-order valence-electron chi connectivity index (χ3n) is 4.14. The summed E-state index contributed by atoms with van der Waals surface area (Å²) in [7, 11) is 0. The van der Waals surface area contributed by atoms with Crippen LogP contribution in [0.3, 0.4) is 0 Å². The highest BCUT2D eigenvalue weighted by Gasteiger charge is 2.19. The summed E-state index contributed by atoms with van der Waals surface area (Å²) in [6.45, 7) is 2.04. The van der Waals surface area contributed by atoms with E-state index in [-0.39, 0.29) is 0 Å². The highest BCUT2D eigenvalue weighted by molar-refractivity contribution is 7.13. The van der Waals surface area contributed by atoms with E-state index in [4.69, 9.17) is 23.2 Å². The molecule has 3 aromatic rings. The van der Waals surface area contributed by atoms with E-state index < -0.39 is 0 Å². The normalized spacial score (nSPS) is 15.8. The molecule has 1 aliphatic rings. The van der Waals surface area contributed by atoms with Crippen molar-refractivity contribution in [2.75, 3.05) is 13.1 Å². The molecule has 0 saturated carbocycles. The van der Waals surface area contributed by atoms with Crippen LogP contribution in [0.25, 0.3) is 22.0 Å². The first kappa shape index (κ1) is 16.0. The molecule has 5 nitrogen and oxygen atoms in total. The van der Waals surface area contributed by atoms with Crippen molar-refractivity contribution < 1.29 is 0 Å². The van der Waals surface area contributed by atoms with Gasteiger partial charge in [-0.25, -0.2) is 9.67 Å². The number of hydrogen-bond acceptors (Lipinski definition) is 5. The number of nitrogens with zero attached hydrogens (tertiary/aromatic N) is 4.